The number of hydrogen-bond donors (Lipinski definition) is 1. The lowest BCUT2D eigenvalue weighted by Gasteiger charge is -2.31. The summed E-state index contributed by atoms with van der Waals surface area (Å²) in [5.41, 5.74) is 2.05. The van der Waals surface area contributed by atoms with Crippen molar-refractivity contribution in [2.24, 2.45) is 7.05 Å². The highest BCUT2D eigenvalue weighted by Gasteiger charge is 2.24. The molecule has 1 unspecified atom stereocenters. The number of nitrogens with one attached hydrogen (secondary N) is 1. The summed E-state index contributed by atoms with van der Waals surface area (Å²) in [4.78, 5) is 15.5. The van der Waals surface area contributed by atoms with Crippen LogP contribution in [0.3, 0.4) is 0 Å². The molecule has 124 valence electrons. The van der Waals surface area contributed by atoms with Gasteiger partial charge in [0.1, 0.15) is 11.5 Å². The first-order valence-corrected chi connectivity index (χ1v) is 8.31. The van der Waals surface area contributed by atoms with E-state index in [0.29, 0.717) is 17.4 Å². The van der Waals surface area contributed by atoms with E-state index < -0.39 is 0 Å². The van der Waals surface area contributed by atoms with Gasteiger partial charge in [-0.05, 0) is 31.5 Å². The van der Waals surface area contributed by atoms with Gasteiger partial charge in [-0.15, -0.1) is 0 Å². The maximum absolute atomic E-state index is 4.65. The third-order valence-corrected chi connectivity index (χ3v) is 4.62. The summed E-state index contributed by atoms with van der Waals surface area (Å²) in [6.07, 6.45) is 9.41. The summed E-state index contributed by atoms with van der Waals surface area (Å²) in [7, 11) is 2.10. The van der Waals surface area contributed by atoms with Gasteiger partial charge >= 0.3 is 0 Å². The van der Waals surface area contributed by atoms with Gasteiger partial charge in [0, 0.05) is 50.3 Å². The van der Waals surface area contributed by atoms with Crippen LogP contribution in [0.25, 0.3) is 11.5 Å². The molecule has 0 radical (unpaired) electrons. The normalized spacial score (nSPS) is 18.8. The molecule has 3 aromatic rings. The average Bonchev–Trinajstić information content (AvgIpc) is 3.26. The van der Waals surface area contributed by atoms with Crippen molar-refractivity contribution in [3.8, 4) is 11.5 Å². The van der Waals surface area contributed by atoms with Gasteiger partial charge in [0.15, 0.2) is 0 Å². The molecule has 0 aromatic carbocycles. The SMILES string of the molecule is Cn1cccc1CN1CCCC(c2nc(-c3cnccn3)n[nH]2)C1. The minimum Gasteiger partial charge on any atom is -0.353 e. The standard InChI is InChI=1S/C17H21N7/c1-23-8-3-5-14(23)12-24-9-2-4-13(11-24)16-20-17(22-21-16)15-10-18-6-7-19-15/h3,5-8,10,13H,2,4,9,11-12H2,1H3,(H,20,21,22). The van der Waals surface area contributed by atoms with Crippen molar-refractivity contribution in [1.82, 2.24) is 34.6 Å². The molecule has 0 aliphatic carbocycles. The first-order chi connectivity index (χ1) is 11.8. The average molecular weight is 323 g/mol. The third-order valence-electron chi connectivity index (χ3n) is 4.62. The number of nitrogens with zero attached hydrogens (tertiary/aromatic N) is 6. The number of H-pyrrole nitrogens is 1. The van der Waals surface area contributed by atoms with Crippen LogP contribution >= 0.6 is 0 Å². The van der Waals surface area contributed by atoms with Crippen LogP contribution in [0.5, 0.6) is 0 Å². The predicted molar refractivity (Wildman–Crippen MR) is 90.1 cm³/mol. The van der Waals surface area contributed by atoms with E-state index in [1.54, 1.807) is 18.6 Å². The first kappa shape index (κ1) is 15.0. The number of aromatic nitrogens is 6. The highest BCUT2D eigenvalue weighted by molar-refractivity contribution is 5.46. The minimum atomic E-state index is 0.386. The minimum absolute atomic E-state index is 0.386. The molecule has 24 heavy (non-hydrogen) atoms. The van der Waals surface area contributed by atoms with Gasteiger partial charge in [0.25, 0.3) is 0 Å². The smallest absolute Gasteiger partial charge is 0.201 e. The third kappa shape index (κ3) is 3.07. The highest BCUT2D eigenvalue weighted by atomic mass is 15.2. The Labute approximate surface area is 140 Å². The molecule has 1 fully saturated rings. The summed E-state index contributed by atoms with van der Waals surface area (Å²) in [6.45, 7) is 3.11. The maximum Gasteiger partial charge on any atom is 0.201 e. The Balaban J connectivity index is 1.46. The Morgan fingerprint density at radius 3 is 3.08 bits per heavy atom. The zero-order chi connectivity index (χ0) is 16.4. The van der Waals surface area contributed by atoms with E-state index in [1.807, 2.05) is 0 Å². The maximum atomic E-state index is 4.65. The van der Waals surface area contributed by atoms with E-state index in [2.05, 4.69) is 60.0 Å². The van der Waals surface area contributed by atoms with Gasteiger partial charge in [-0.3, -0.25) is 15.0 Å². The summed E-state index contributed by atoms with van der Waals surface area (Å²) >= 11 is 0. The molecule has 1 aliphatic rings. The van der Waals surface area contributed by atoms with Crippen LogP contribution in [0.1, 0.15) is 30.3 Å². The van der Waals surface area contributed by atoms with Crippen LogP contribution < -0.4 is 0 Å². The fourth-order valence-electron chi connectivity index (χ4n) is 3.30. The number of aromatic amines is 1. The lowest BCUT2D eigenvalue weighted by Crippen LogP contribution is -2.34. The summed E-state index contributed by atoms with van der Waals surface area (Å²) in [6, 6.07) is 4.28. The summed E-state index contributed by atoms with van der Waals surface area (Å²) in [5, 5.41) is 7.42. The quantitative estimate of drug-likeness (QED) is 0.794. The number of aryl methyl sites for hydroxylation is 1. The second kappa shape index (κ2) is 6.52. The van der Waals surface area contributed by atoms with Crippen LogP contribution in [0.15, 0.2) is 36.9 Å². The number of rotatable bonds is 4. The molecule has 1 saturated heterocycles. The zero-order valence-corrected chi connectivity index (χ0v) is 13.8. The van der Waals surface area contributed by atoms with Crippen molar-refractivity contribution in [1.29, 1.82) is 0 Å². The van der Waals surface area contributed by atoms with Gasteiger partial charge in [0.05, 0.1) is 6.20 Å². The monoisotopic (exact) mass is 323 g/mol. The van der Waals surface area contributed by atoms with E-state index in [1.165, 1.54) is 12.1 Å². The molecular formula is C17H21N7. The molecule has 1 N–H and O–H groups in total. The Bertz CT molecular complexity index is 792. The van der Waals surface area contributed by atoms with E-state index in [0.717, 1.165) is 31.9 Å². The Kier molecular flexibility index (Phi) is 4.08. The summed E-state index contributed by atoms with van der Waals surface area (Å²) in [5.74, 6) is 1.96. The van der Waals surface area contributed by atoms with Crippen molar-refractivity contribution in [3.63, 3.8) is 0 Å². The van der Waals surface area contributed by atoms with E-state index in [9.17, 15) is 0 Å². The molecule has 3 aromatic heterocycles. The van der Waals surface area contributed by atoms with Crippen LogP contribution in [-0.2, 0) is 13.6 Å². The fraction of sp³-hybridized carbons (Fsp3) is 0.412. The van der Waals surface area contributed by atoms with Crippen LogP contribution in [-0.4, -0.2) is 47.7 Å². The second-order valence-electron chi connectivity index (χ2n) is 6.32. The molecule has 4 heterocycles. The molecular weight excluding hydrogens is 302 g/mol. The van der Waals surface area contributed by atoms with Crippen molar-refractivity contribution in [2.45, 2.75) is 25.3 Å². The highest BCUT2D eigenvalue weighted by Crippen LogP contribution is 2.26. The number of piperidine rings is 1. The molecule has 4 rings (SSSR count). The zero-order valence-electron chi connectivity index (χ0n) is 13.8. The van der Waals surface area contributed by atoms with E-state index in [-0.39, 0.29) is 0 Å². The van der Waals surface area contributed by atoms with Crippen molar-refractivity contribution < 1.29 is 0 Å². The van der Waals surface area contributed by atoms with Gasteiger partial charge < -0.3 is 4.57 Å². The molecule has 0 amide bonds. The first-order valence-electron chi connectivity index (χ1n) is 8.31. The summed E-state index contributed by atoms with van der Waals surface area (Å²) < 4.78 is 2.18. The molecule has 0 saturated carbocycles. The van der Waals surface area contributed by atoms with E-state index in [4.69, 9.17) is 0 Å². The molecule has 1 aliphatic heterocycles. The van der Waals surface area contributed by atoms with Crippen molar-refractivity contribution in [2.75, 3.05) is 13.1 Å². The topological polar surface area (TPSA) is 75.5 Å². The Hall–Kier alpha value is -2.54. The largest absolute Gasteiger partial charge is 0.353 e. The van der Waals surface area contributed by atoms with Crippen molar-refractivity contribution in [3.05, 3.63) is 48.4 Å². The van der Waals surface area contributed by atoms with Crippen LogP contribution in [0.4, 0.5) is 0 Å². The molecule has 0 bridgehead atoms. The number of likely N-dealkylation sites (tertiary alicyclic amines) is 1. The molecule has 1 atom stereocenters. The van der Waals surface area contributed by atoms with Gasteiger partial charge in [-0.1, -0.05) is 0 Å². The Morgan fingerprint density at radius 2 is 2.29 bits per heavy atom. The number of hydrogen-bond acceptors (Lipinski definition) is 5. The second-order valence-corrected chi connectivity index (χ2v) is 6.32. The van der Waals surface area contributed by atoms with Gasteiger partial charge in [-0.2, -0.15) is 5.10 Å². The van der Waals surface area contributed by atoms with Gasteiger partial charge in [-0.25, -0.2) is 9.97 Å². The van der Waals surface area contributed by atoms with Crippen LogP contribution in [0, 0.1) is 0 Å². The molecule has 7 nitrogen and oxygen atoms in total. The lowest BCUT2D eigenvalue weighted by atomic mass is 9.97. The van der Waals surface area contributed by atoms with E-state index >= 15 is 0 Å². The predicted octanol–water partition coefficient (Wildman–Crippen LogP) is 1.98. The van der Waals surface area contributed by atoms with Gasteiger partial charge in [0.2, 0.25) is 5.82 Å². The fourth-order valence-corrected chi connectivity index (χ4v) is 3.30. The Morgan fingerprint density at radius 1 is 1.33 bits per heavy atom. The van der Waals surface area contributed by atoms with Crippen molar-refractivity contribution >= 4 is 0 Å². The lowest BCUT2D eigenvalue weighted by molar-refractivity contribution is 0.193. The molecule has 0 spiro atoms. The molecule has 7 heteroatoms. The van der Waals surface area contributed by atoms with Crippen LogP contribution in [0.2, 0.25) is 0 Å².